The van der Waals surface area contributed by atoms with Crippen LogP contribution in [0.5, 0.6) is 0 Å². The van der Waals surface area contributed by atoms with E-state index in [9.17, 15) is 8.42 Å². The number of para-hydroxylation sites is 1. The lowest BCUT2D eigenvalue weighted by Gasteiger charge is -2.12. The number of fused-ring (bicyclic) bond motifs is 1. The summed E-state index contributed by atoms with van der Waals surface area (Å²) in [4.78, 5) is 0.262. The molecule has 1 heterocycles. The largest absolute Gasteiger partial charge is 0.459 e. The van der Waals surface area contributed by atoms with Crippen LogP contribution in [0.2, 0.25) is 0 Å². The summed E-state index contributed by atoms with van der Waals surface area (Å²) in [5, 5.41) is 0.959. The molecule has 0 saturated heterocycles. The lowest BCUT2D eigenvalue weighted by molar-refractivity contribution is 0.484. The standard InChI is InChI=1S/C18H19NO3S/c1-3-14-8-10-16(11-9-14)23(20,21)19-13(2)18-12-15-6-4-5-7-17(15)22-18/h4-13,19H,3H2,1-2H3/t13-/m1/s1. The van der Waals surface area contributed by atoms with Crippen molar-refractivity contribution in [3.8, 4) is 0 Å². The highest BCUT2D eigenvalue weighted by atomic mass is 32.2. The molecule has 0 bridgehead atoms. The number of hydrogen-bond donors (Lipinski definition) is 1. The van der Waals surface area contributed by atoms with Gasteiger partial charge in [-0.3, -0.25) is 0 Å². The summed E-state index contributed by atoms with van der Waals surface area (Å²) < 4.78 is 33.3. The van der Waals surface area contributed by atoms with Gasteiger partial charge in [0.15, 0.2) is 0 Å². The second-order valence-corrected chi connectivity index (χ2v) is 7.24. The van der Waals surface area contributed by atoms with Gasteiger partial charge < -0.3 is 4.42 Å². The molecule has 0 saturated carbocycles. The molecule has 23 heavy (non-hydrogen) atoms. The van der Waals surface area contributed by atoms with Crippen LogP contribution in [0.4, 0.5) is 0 Å². The summed E-state index contributed by atoms with van der Waals surface area (Å²) >= 11 is 0. The molecule has 0 amide bonds. The van der Waals surface area contributed by atoms with Gasteiger partial charge in [0.05, 0.1) is 10.9 Å². The molecule has 0 spiro atoms. The van der Waals surface area contributed by atoms with Crippen LogP contribution in [-0.4, -0.2) is 8.42 Å². The van der Waals surface area contributed by atoms with E-state index in [4.69, 9.17) is 4.42 Å². The van der Waals surface area contributed by atoms with E-state index in [1.165, 1.54) is 0 Å². The zero-order chi connectivity index (χ0) is 16.4. The molecule has 0 unspecified atom stereocenters. The van der Waals surface area contributed by atoms with E-state index in [2.05, 4.69) is 4.72 Å². The van der Waals surface area contributed by atoms with Crippen molar-refractivity contribution in [3.63, 3.8) is 0 Å². The topological polar surface area (TPSA) is 59.3 Å². The third-order valence-corrected chi connectivity index (χ3v) is 5.40. The van der Waals surface area contributed by atoms with Crippen molar-refractivity contribution in [1.82, 2.24) is 4.72 Å². The van der Waals surface area contributed by atoms with Crippen LogP contribution in [0.15, 0.2) is 63.9 Å². The lowest BCUT2D eigenvalue weighted by atomic mass is 10.2. The molecule has 1 aromatic heterocycles. The van der Waals surface area contributed by atoms with Gasteiger partial charge >= 0.3 is 0 Å². The summed E-state index contributed by atoms with van der Waals surface area (Å²) in [6.45, 7) is 3.81. The van der Waals surface area contributed by atoms with Gasteiger partial charge in [-0.2, -0.15) is 0 Å². The molecule has 5 heteroatoms. The number of rotatable bonds is 5. The molecule has 2 aromatic carbocycles. The summed E-state index contributed by atoms with van der Waals surface area (Å²) in [6.07, 6.45) is 0.878. The van der Waals surface area contributed by atoms with Gasteiger partial charge in [-0.05, 0) is 43.2 Å². The Kier molecular flexibility index (Phi) is 4.24. The maximum absolute atomic E-state index is 12.5. The van der Waals surface area contributed by atoms with Crippen LogP contribution >= 0.6 is 0 Å². The quantitative estimate of drug-likeness (QED) is 0.768. The van der Waals surface area contributed by atoms with E-state index < -0.39 is 16.1 Å². The monoisotopic (exact) mass is 329 g/mol. The molecule has 0 aliphatic heterocycles. The summed E-state index contributed by atoms with van der Waals surface area (Å²) in [5.74, 6) is 0.597. The summed E-state index contributed by atoms with van der Waals surface area (Å²) in [7, 11) is -3.58. The van der Waals surface area contributed by atoms with E-state index in [-0.39, 0.29) is 4.90 Å². The van der Waals surface area contributed by atoms with Crippen molar-refractivity contribution in [2.75, 3.05) is 0 Å². The van der Waals surface area contributed by atoms with Crippen molar-refractivity contribution in [2.45, 2.75) is 31.2 Å². The fourth-order valence-electron chi connectivity index (χ4n) is 2.48. The minimum atomic E-state index is -3.58. The third-order valence-electron chi connectivity index (χ3n) is 3.85. The second-order valence-electron chi connectivity index (χ2n) is 5.53. The van der Waals surface area contributed by atoms with Gasteiger partial charge in [-0.1, -0.05) is 37.3 Å². The van der Waals surface area contributed by atoms with Gasteiger partial charge in [0, 0.05) is 5.39 Å². The van der Waals surface area contributed by atoms with Crippen molar-refractivity contribution in [3.05, 3.63) is 65.9 Å². The molecule has 1 N–H and O–H groups in total. The number of nitrogens with one attached hydrogen (secondary N) is 1. The molecule has 1 atom stereocenters. The van der Waals surface area contributed by atoms with E-state index in [0.29, 0.717) is 5.76 Å². The number of aryl methyl sites for hydroxylation is 1. The fourth-order valence-corrected chi connectivity index (χ4v) is 3.69. The number of furan rings is 1. The molecule has 0 aliphatic rings. The van der Waals surface area contributed by atoms with E-state index in [0.717, 1.165) is 23.0 Å². The Morgan fingerprint density at radius 3 is 2.43 bits per heavy atom. The van der Waals surface area contributed by atoms with Crippen molar-refractivity contribution in [2.24, 2.45) is 0 Å². The first-order valence-corrected chi connectivity index (χ1v) is 9.07. The molecule has 0 aliphatic carbocycles. The van der Waals surface area contributed by atoms with Crippen molar-refractivity contribution >= 4 is 21.0 Å². The maximum Gasteiger partial charge on any atom is 0.241 e. The lowest BCUT2D eigenvalue weighted by Crippen LogP contribution is -2.26. The highest BCUT2D eigenvalue weighted by Gasteiger charge is 2.20. The number of sulfonamides is 1. The molecule has 4 nitrogen and oxygen atoms in total. The Bertz CT molecular complexity index is 878. The minimum Gasteiger partial charge on any atom is -0.459 e. The zero-order valence-electron chi connectivity index (χ0n) is 13.1. The smallest absolute Gasteiger partial charge is 0.241 e. The highest BCUT2D eigenvalue weighted by Crippen LogP contribution is 2.25. The Labute approximate surface area is 136 Å². The SMILES string of the molecule is CCc1ccc(S(=O)(=O)N[C@H](C)c2cc3ccccc3o2)cc1. The van der Waals surface area contributed by atoms with Crippen LogP contribution in [0.1, 0.15) is 31.2 Å². The van der Waals surface area contributed by atoms with E-state index in [1.54, 1.807) is 19.1 Å². The number of hydrogen-bond acceptors (Lipinski definition) is 3. The Balaban J connectivity index is 1.83. The maximum atomic E-state index is 12.5. The summed E-state index contributed by atoms with van der Waals surface area (Å²) in [5.41, 5.74) is 1.86. The van der Waals surface area contributed by atoms with E-state index >= 15 is 0 Å². The van der Waals surface area contributed by atoms with Gasteiger partial charge in [0.25, 0.3) is 0 Å². The fraction of sp³-hybridized carbons (Fsp3) is 0.222. The average Bonchev–Trinajstić information content (AvgIpc) is 2.99. The minimum absolute atomic E-state index is 0.262. The highest BCUT2D eigenvalue weighted by molar-refractivity contribution is 7.89. The Morgan fingerprint density at radius 1 is 1.09 bits per heavy atom. The molecule has 0 fully saturated rings. The van der Waals surface area contributed by atoms with Crippen LogP contribution in [0.3, 0.4) is 0 Å². The molecule has 3 aromatic rings. The first-order chi connectivity index (χ1) is 11.0. The zero-order valence-corrected chi connectivity index (χ0v) is 13.9. The van der Waals surface area contributed by atoms with Crippen molar-refractivity contribution in [1.29, 1.82) is 0 Å². The predicted molar refractivity (Wildman–Crippen MR) is 90.8 cm³/mol. The van der Waals surface area contributed by atoms with Crippen LogP contribution in [0.25, 0.3) is 11.0 Å². The second kappa shape index (κ2) is 6.18. The molecule has 0 radical (unpaired) electrons. The first-order valence-electron chi connectivity index (χ1n) is 7.59. The first kappa shape index (κ1) is 15.8. The van der Waals surface area contributed by atoms with Crippen LogP contribution in [0, 0.1) is 0 Å². The number of benzene rings is 2. The third kappa shape index (κ3) is 3.30. The van der Waals surface area contributed by atoms with Gasteiger partial charge in [-0.25, -0.2) is 13.1 Å². The molecule has 3 rings (SSSR count). The van der Waals surface area contributed by atoms with Gasteiger partial charge in [-0.15, -0.1) is 0 Å². The van der Waals surface area contributed by atoms with Crippen LogP contribution < -0.4 is 4.72 Å². The predicted octanol–water partition coefficient (Wildman–Crippen LogP) is 4.03. The van der Waals surface area contributed by atoms with Crippen LogP contribution in [-0.2, 0) is 16.4 Å². The van der Waals surface area contributed by atoms with Crippen molar-refractivity contribution < 1.29 is 12.8 Å². The van der Waals surface area contributed by atoms with Gasteiger partial charge in [0.1, 0.15) is 11.3 Å². The van der Waals surface area contributed by atoms with E-state index in [1.807, 2.05) is 49.4 Å². The molecular weight excluding hydrogens is 310 g/mol. The summed E-state index contributed by atoms with van der Waals surface area (Å²) in [6, 6.07) is 16.0. The molecule has 120 valence electrons. The Hall–Kier alpha value is -2.11. The average molecular weight is 329 g/mol. The normalized spacial score (nSPS) is 13.3. The molecular formula is C18H19NO3S. The Morgan fingerprint density at radius 2 is 1.78 bits per heavy atom. The van der Waals surface area contributed by atoms with Gasteiger partial charge in [0.2, 0.25) is 10.0 Å².